The van der Waals surface area contributed by atoms with Crippen molar-refractivity contribution in [2.75, 3.05) is 17.2 Å². The number of carbonyl (C=O) groups excluding carboxylic acids is 1. The maximum Gasteiger partial charge on any atom is 0.258 e. The molecule has 1 aromatic heterocycles. The standard InChI is InChI=1S/C16H11ClN2OS2/c17-11-2-4-14-13(8-11)19(5-6-21-14)16(20)10-1-3-12-15(7-10)22-9-18-12/h1-4,7-9H,5-6H2. The van der Waals surface area contributed by atoms with Crippen molar-refractivity contribution < 1.29 is 4.79 Å². The summed E-state index contributed by atoms with van der Waals surface area (Å²) in [6.07, 6.45) is 0. The number of thiazole rings is 1. The van der Waals surface area contributed by atoms with Gasteiger partial charge in [-0.25, -0.2) is 4.98 Å². The molecule has 1 aliphatic rings. The van der Waals surface area contributed by atoms with Gasteiger partial charge in [0.15, 0.2) is 0 Å². The molecule has 0 bridgehead atoms. The van der Waals surface area contributed by atoms with Crippen LogP contribution < -0.4 is 4.90 Å². The molecule has 0 saturated carbocycles. The van der Waals surface area contributed by atoms with Gasteiger partial charge in [0.1, 0.15) is 0 Å². The molecule has 3 nitrogen and oxygen atoms in total. The fourth-order valence-corrected chi connectivity index (χ4v) is 4.40. The monoisotopic (exact) mass is 346 g/mol. The van der Waals surface area contributed by atoms with Crippen LogP contribution in [0.1, 0.15) is 10.4 Å². The summed E-state index contributed by atoms with van der Waals surface area (Å²) in [7, 11) is 0. The third-order valence-electron chi connectivity index (χ3n) is 3.61. The number of rotatable bonds is 1. The van der Waals surface area contributed by atoms with E-state index in [-0.39, 0.29) is 5.91 Å². The van der Waals surface area contributed by atoms with E-state index in [4.69, 9.17) is 11.6 Å². The second-order valence-corrected chi connectivity index (χ2v) is 7.41. The second kappa shape index (κ2) is 5.57. The first kappa shape index (κ1) is 14.1. The van der Waals surface area contributed by atoms with Crippen LogP contribution in [0.2, 0.25) is 5.02 Å². The Labute approximate surface area is 140 Å². The minimum atomic E-state index is 0.0131. The Hall–Kier alpha value is -1.56. The molecule has 3 aromatic rings. The van der Waals surface area contributed by atoms with Crippen LogP contribution in [0.5, 0.6) is 0 Å². The Morgan fingerprint density at radius 3 is 3.05 bits per heavy atom. The lowest BCUT2D eigenvalue weighted by atomic mass is 10.1. The number of fused-ring (bicyclic) bond motifs is 2. The highest BCUT2D eigenvalue weighted by Crippen LogP contribution is 2.37. The quantitative estimate of drug-likeness (QED) is 0.640. The lowest BCUT2D eigenvalue weighted by Crippen LogP contribution is -2.35. The maximum absolute atomic E-state index is 12.9. The number of thioether (sulfide) groups is 1. The Kier molecular flexibility index (Phi) is 3.56. The van der Waals surface area contributed by atoms with E-state index in [1.807, 2.05) is 41.3 Å². The Balaban J connectivity index is 1.75. The van der Waals surface area contributed by atoms with Crippen molar-refractivity contribution >= 4 is 56.5 Å². The third kappa shape index (κ3) is 2.39. The van der Waals surface area contributed by atoms with Gasteiger partial charge in [-0.2, -0.15) is 0 Å². The SMILES string of the molecule is O=C(c1ccc2ncsc2c1)N1CCSc2ccc(Cl)cc21. The van der Waals surface area contributed by atoms with E-state index in [0.29, 0.717) is 17.1 Å². The summed E-state index contributed by atoms with van der Waals surface area (Å²) < 4.78 is 1.03. The normalized spacial score (nSPS) is 14.1. The van der Waals surface area contributed by atoms with Crippen molar-refractivity contribution in [3.63, 3.8) is 0 Å². The Morgan fingerprint density at radius 2 is 2.14 bits per heavy atom. The molecule has 2 heterocycles. The van der Waals surface area contributed by atoms with Crippen molar-refractivity contribution in [1.82, 2.24) is 4.98 Å². The minimum absolute atomic E-state index is 0.0131. The zero-order chi connectivity index (χ0) is 15.1. The molecule has 1 amide bonds. The highest BCUT2D eigenvalue weighted by Gasteiger charge is 2.24. The topological polar surface area (TPSA) is 33.2 Å². The smallest absolute Gasteiger partial charge is 0.258 e. The summed E-state index contributed by atoms with van der Waals surface area (Å²) in [5, 5.41) is 0.650. The zero-order valence-electron chi connectivity index (χ0n) is 11.5. The van der Waals surface area contributed by atoms with Gasteiger partial charge in [0, 0.05) is 27.8 Å². The van der Waals surface area contributed by atoms with Crippen LogP contribution in [0.4, 0.5) is 5.69 Å². The molecule has 0 N–H and O–H groups in total. The number of carbonyl (C=O) groups is 1. The van der Waals surface area contributed by atoms with Gasteiger partial charge in [-0.15, -0.1) is 23.1 Å². The predicted molar refractivity (Wildman–Crippen MR) is 93.5 cm³/mol. The molecule has 0 fully saturated rings. The van der Waals surface area contributed by atoms with Gasteiger partial charge in [0.2, 0.25) is 0 Å². The van der Waals surface area contributed by atoms with E-state index in [9.17, 15) is 4.79 Å². The maximum atomic E-state index is 12.9. The molecule has 0 radical (unpaired) electrons. The van der Waals surface area contributed by atoms with Crippen LogP contribution in [0, 0.1) is 0 Å². The molecule has 6 heteroatoms. The molecule has 4 rings (SSSR count). The lowest BCUT2D eigenvalue weighted by Gasteiger charge is -2.29. The van der Waals surface area contributed by atoms with Gasteiger partial charge < -0.3 is 4.90 Å². The van der Waals surface area contributed by atoms with Crippen molar-refractivity contribution in [2.24, 2.45) is 0 Å². The molecule has 110 valence electrons. The van der Waals surface area contributed by atoms with Crippen LogP contribution in [0.25, 0.3) is 10.2 Å². The van der Waals surface area contributed by atoms with Crippen molar-refractivity contribution in [3.05, 3.63) is 52.5 Å². The number of nitrogens with zero attached hydrogens (tertiary/aromatic N) is 2. The van der Waals surface area contributed by atoms with Gasteiger partial charge >= 0.3 is 0 Å². The Morgan fingerprint density at radius 1 is 1.23 bits per heavy atom. The first-order valence-corrected chi connectivity index (χ1v) is 9.04. The second-order valence-electron chi connectivity index (χ2n) is 4.95. The number of aromatic nitrogens is 1. The fourth-order valence-electron chi connectivity index (χ4n) is 2.55. The van der Waals surface area contributed by atoms with Crippen molar-refractivity contribution in [1.29, 1.82) is 0 Å². The van der Waals surface area contributed by atoms with Gasteiger partial charge in [-0.3, -0.25) is 4.79 Å². The first-order valence-electron chi connectivity index (χ1n) is 6.80. The van der Waals surface area contributed by atoms with Crippen LogP contribution in [0.3, 0.4) is 0 Å². The molecule has 0 atom stereocenters. The summed E-state index contributed by atoms with van der Waals surface area (Å²) >= 11 is 9.41. The highest BCUT2D eigenvalue weighted by molar-refractivity contribution is 7.99. The lowest BCUT2D eigenvalue weighted by molar-refractivity contribution is 0.0988. The minimum Gasteiger partial charge on any atom is -0.306 e. The van der Waals surface area contributed by atoms with Crippen molar-refractivity contribution in [2.45, 2.75) is 4.90 Å². The number of benzene rings is 2. The van der Waals surface area contributed by atoms with Crippen molar-refractivity contribution in [3.8, 4) is 0 Å². The van der Waals surface area contributed by atoms with E-state index in [2.05, 4.69) is 4.98 Å². The average Bonchev–Trinajstić information content (AvgIpc) is 3.01. The van der Waals surface area contributed by atoms with Crippen LogP contribution >= 0.6 is 34.7 Å². The summed E-state index contributed by atoms with van der Waals surface area (Å²) in [5.41, 5.74) is 4.32. The summed E-state index contributed by atoms with van der Waals surface area (Å²) in [6.45, 7) is 0.692. The van der Waals surface area contributed by atoms with Gasteiger partial charge in [0.25, 0.3) is 5.91 Å². The van der Waals surface area contributed by atoms with Crippen LogP contribution in [-0.4, -0.2) is 23.2 Å². The largest absolute Gasteiger partial charge is 0.306 e. The van der Waals surface area contributed by atoms with E-state index < -0.39 is 0 Å². The molecule has 0 saturated heterocycles. The predicted octanol–water partition coefficient (Wildman–Crippen LogP) is 4.70. The number of hydrogen-bond acceptors (Lipinski definition) is 4. The number of amides is 1. The average molecular weight is 347 g/mol. The van der Waals surface area contributed by atoms with Gasteiger partial charge in [-0.05, 0) is 36.4 Å². The first-order chi connectivity index (χ1) is 10.7. The molecule has 22 heavy (non-hydrogen) atoms. The van der Waals surface area contributed by atoms with Crippen LogP contribution in [-0.2, 0) is 0 Å². The Bertz CT molecular complexity index is 877. The number of anilines is 1. The fraction of sp³-hybridized carbons (Fsp3) is 0.125. The van der Waals surface area contributed by atoms with Gasteiger partial charge in [0.05, 0.1) is 21.4 Å². The number of hydrogen-bond donors (Lipinski definition) is 0. The van der Waals surface area contributed by atoms with E-state index in [1.165, 1.54) is 0 Å². The highest BCUT2D eigenvalue weighted by atomic mass is 35.5. The molecular formula is C16H11ClN2OS2. The molecule has 2 aromatic carbocycles. The number of halogens is 1. The van der Waals surface area contributed by atoms with E-state index in [1.54, 1.807) is 28.6 Å². The summed E-state index contributed by atoms with van der Waals surface area (Å²) in [4.78, 5) is 20.1. The molecule has 0 spiro atoms. The molecule has 1 aliphatic heterocycles. The third-order valence-corrected chi connectivity index (χ3v) is 5.68. The van der Waals surface area contributed by atoms with Gasteiger partial charge in [-0.1, -0.05) is 11.6 Å². The molecular weight excluding hydrogens is 336 g/mol. The molecule has 0 unspecified atom stereocenters. The van der Waals surface area contributed by atoms with Crippen LogP contribution in [0.15, 0.2) is 46.8 Å². The summed E-state index contributed by atoms with van der Waals surface area (Å²) in [5.74, 6) is 0.905. The zero-order valence-corrected chi connectivity index (χ0v) is 13.8. The summed E-state index contributed by atoms with van der Waals surface area (Å²) in [6, 6.07) is 11.4. The molecule has 0 aliphatic carbocycles. The van der Waals surface area contributed by atoms with E-state index >= 15 is 0 Å². The van der Waals surface area contributed by atoms with E-state index in [0.717, 1.165) is 26.6 Å².